The molecule has 0 spiro atoms. The zero-order valence-corrected chi connectivity index (χ0v) is 12.6. The van der Waals surface area contributed by atoms with Crippen LogP contribution in [0, 0.1) is 5.92 Å². The monoisotopic (exact) mass is 286 g/mol. The molecule has 0 fully saturated rings. The third-order valence-corrected chi connectivity index (χ3v) is 3.11. The lowest BCUT2D eigenvalue weighted by Gasteiger charge is -2.26. The molecule has 114 valence electrons. The Hall–Kier alpha value is -1.20. The van der Waals surface area contributed by atoms with E-state index in [0.717, 1.165) is 12.1 Å². The molecule has 1 atom stereocenters. The highest BCUT2D eigenvalue weighted by atomic mass is 19.3. The van der Waals surface area contributed by atoms with E-state index in [1.807, 2.05) is 20.2 Å². The van der Waals surface area contributed by atoms with Crippen LogP contribution in [0.3, 0.4) is 0 Å². The summed E-state index contributed by atoms with van der Waals surface area (Å²) in [5, 5.41) is 3.41. The molecule has 0 amide bonds. The predicted molar refractivity (Wildman–Crippen MR) is 77.1 cm³/mol. The molecular weight excluding hydrogens is 262 g/mol. The summed E-state index contributed by atoms with van der Waals surface area (Å²) in [5.74, 6) is 0.697. The van der Waals surface area contributed by atoms with Gasteiger partial charge in [0, 0.05) is 24.7 Å². The van der Waals surface area contributed by atoms with Crippen molar-refractivity contribution in [2.75, 3.05) is 20.6 Å². The average Bonchev–Trinajstić information content (AvgIpc) is 2.34. The standard InChI is InChI=1S/C15H24F2N2O/c1-11(2)13(10-19(3)4)18-9-12-7-5-6-8-14(12)20-15(16)17/h5-8,11,13,15,18H,9-10H2,1-4H3. The van der Waals surface area contributed by atoms with Gasteiger partial charge in [0.25, 0.3) is 0 Å². The fraction of sp³-hybridized carbons (Fsp3) is 0.600. The molecule has 1 unspecified atom stereocenters. The van der Waals surface area contributed by atoms with Crippen LogP contribution in [0.1, 0.15) is 19.4 Å². The van der Waals surface area contributed by atoms with E-state index in [9.17, 15) is 8.78 Å². The summed E-state index contributed by atoms with van der Waals surface area (Å²) in [7, 11) is 4.04. The van der Waals surface area contributed by atoms with Gasteiger partial charge in [0.2, 0.25) is 0 Å². The van der Waals surface area contributed by atoms with Gasteiger partial charge in [-0.3, -0.25) is 0 Å². The van der Waals surface area contributed by atoms with Crippen molar-refractivity contribution in [3.63, 3.8) is 0 Å². The van der Waals surface area contributed by atoms with Gasteiger partial charge in [-0.05, 0) is 26.1 Å². The zero-order valence-electron chi connectivity index (χ0n) is 12.6. The van der Waals surface area contributed by atoms with Crippen LogP contribution in [0.2, 0.25) is 0 Å². The maximum absolute atomic E-state index is 12.4. The van der Waals surface area contributed by atoms with E-state index in [1.54, 1.807) is 18.2 Å². The van der Waals surface area contributed by atoms with Crippen molar-refractivity contribution in [3.8, 4) is 5.75 Å². The van der Waals surface area contributed by atoms with E-state index in [1.165, 1.54) is 0 Å². The van der Waals surface area contributed by atoms with E-state index in [0.29, 0.717) is 18.5 Å². The zero-order chi connectivity index (χ0) is 15.1. The second-order valence-electron chi connectivity index (χ2n) is 5.48. The summed E-state index contributed by atoms with van der Waals surface area (Å²) in [6.45, 7) is 2.90. The Morgan fingerprint density at radius 1 is 1.20 bits per heavy atom. The molecule has 0 radical (unpaired) electrons. The minimum Gasteiger partial charge on any atom is -0.434 e. The Labute approximate surface area is 119 Å². The summed E-state index contributed by atoms with van der Waals surface area (Å²) in [6.07, 6.45) is 0. The Kier molecular flexibility index (Phi) is 6.88. The number of alkyl halides is 2. The summed E-state index contributed by atoms with van der Waals surface area (Å²) in [5.41, 5.74) is 0.747. The van der Waals surface area contributed by atoms with E-state index in [4.69, 9.17) is 0 Å². The highest BCUT2D eigenvalue weighted by molar-refractivity contribution is 5.33. The van der Waals surface area contributed by atoms with Crippen molar-refractivity contribution in [1.82, 2.24) is 10.2 Å². The van der Waals surface area contributed by atoms with Crippen LogP contribution in [0.15, 0.2) is 24.3 Å². The lowest BCUT2D eigenvalue weighted by Crippen LogP contribution is -2.41. The van der Waals surface area contributed by atoms with Crippen molar-refractivity contribution in [2.45, 2.75) is 33.0 Å². The number of hydrogen-bond donors (Lipinski definition) is 1. The number of benzene rings is 1. The maximum atomic E-state index is 12.4. The molecule has 0 heterocycles. The number of likely N-dealkylation sites (N-methyl/N-ethyl adjacent to an activating group) is 1. The molecule has 0 saturated carbocycles. The van der Waals surface area contributed by atoms with Crippen molar-refractivity contribution in [2.24, 2.45) is 5.92 Å². The van der Waals surface area contributed by atoms with Gasteiger partial charge < -0.3 is 15.0 Å². The van der Waals surface area contributed by atoms with Crippen molar-refractivity contribution >= 4 is 0 Å². The van der Waals surface area contributed by atoms with E-state index >= 15 is 0 Å². The fourth-order valence-electron chi connectivity index (χ4n) is 2.01. The predicted octanol–water partition coefficient (Wildman–Crippen LogP) is 2.96. The molecule has 1 rings (SSSR count). The van der Waals surface area contributed by atoms with Gasteiger partial charge >= 0.3 is 6.61 Å². The molecule has 0 saturated heterocycles. The van der Waals surface area contributed by atoms with Crippen LogP contribution < -0.4 is 10.1 Å². The smallest absolute Gasteiger partial charge is 0.387 e. The average molecular weight is 286 g/mol. The van der Waals surface area contributed by atoms with Crippen molar-refractivity contribution < 1.29 is 13.5 Å². The molecule has 0 aliphatic carbocycles. The van der Waals surface area contributed by atoms with Gasteiger partial charge in [-0.1, -0.05) is 32.0 Å². The van der Waals surface area contributed by atoms with Gasteiger partial charge in [-0.2, -0.15) is 8.78 Å². The highest BCUT2D eigenvalue weighted by Crippen LogP contribution is 2.20. The first-order chi connectivity index (χ1) is 9.40. The molecule has 1 aromatic carbocycles. The molecule has 0 aliphatic rings. The van der Waals surface area contributed by atoms with Gasteiger partial charge in [0.15, 0.2) is 0 Å². The molecule has 5 heteroatoms. The Bertz CT molecular complexity index is 397. The van der Waals surface area contributed by atoms with Crippen LogP contribution >= 0.6 is 0 Å². The summed E-state index contributed by atoms with van der Waals surface area (Å²) in [4.78, 5) is 2.11. The number of ether oxygens (including phenoxy) is 1. The third kappa shape index (κ3) is 5.84. The van der Waals surface area contributed by atoms with Crippen molar-refractivity contribution in [1.29, 1.82) is 0 Å². The van der Waals surface area contributed by atoms with Gasteiger partial charge in [-0.15, -0.1) is 0 Å². The first-order valence-corrected chi connectivity index (χ1v) is 6.81. The molecule has 0 aromatic heterocycles. The number of rotatable bonds is 8. The molecule has 20 heavy (non-hydrogen) atoms. The third-order valence-electron chi connectivity index (χ3n) is 3.11. The Balaban J connectivity index is 2.67. The first kappa shape index (κ1) is 16.9. The summed E-state index contributed by atoms with van der Waals surface area (Å²) < 4.78 is 29.2. The largest absolute Gasteiger partial charge is 0.434 e. The number of nitrogens with zero attached hydrogens (tertiary/aromatic N) is 1. The number of halogens is 2. The van der Waals surface area contributed by atoms with Crippen LogP contribution in [0.5, 0.6) is 5.75 Å². The van der Waals surface area contributed by atoms with Crippen LogP contribution in [0.4, 0.5) is 8.78 Å². The van der Waals surface area contributed by atoms with E-state index < -0.39 is 6.61 Å². The lowest BCUT2D eigenvalue weighted by atomic mass is 10.0. The second kappa shape index (κ2) is 8.17. The fourth-order valence-corrected chi connectivity index (χ4v) is 2.01. The molecule has 0 aliphatic heterocycles. The molecule has 0 bridgehead atoms. The minimum atomic E-state index is -2.79. The molecule has 1 N–H and O–H groups in total. The summed E-state index contributed by atoms with van der Waals surface area (Å²) in [6, 6.07) is 7.19. The molecule has 1 aromatic rings. The molecular formula is C15H24F2N2O. The second-order valence-corrected chi connectivity index (χ2v) is 5.48. The van der Waals surface area contributed by atoms with Gasteiger partial charge in [0.1, 0.15) is 5.75 Å². The topological polar surface area (TPSA) is 24.5 Å². The highest BCUT2D eigenvalue weighted by Gasteiger charge is 2.15. The number of nitrogens with one attached hydrogen (secondary N) is 1. The number of para-hydroxylation sites is 1. The van der Waals surface area contributed by atoms with E-state index in [2.05, 4.69) is 28.8 Å². The normalized spacial score (nSPS) is 13.2. The van der Waals surface area contributed by atoms with E-state index in [-0.39, 0.29) is 5.75 Å². The van der Waals surface area contributed by atoms with Crippen LogP contribution in [-0.4, -0.2) is 38.2 Å². The lowest BCUT2D eigenvalue weighted by molar-refractivity contribution is -0.0505. The Morgan fingerprint density at radius 3 is 2.40 bits per heavy atom. The molecule has 3 nitrogen and oxygen atoms in total. The van der Waals surface area contributed by atoms with Crippen LogP contribution in [0.25, 0.3) is 0 Å². The van der Waals surface area contributed by atoms with Gasteiger partial charge in [-0.25, -0.2) is 0 Å². The quantitative estimate of drug-likeness (QED) is 0.795. The minimum absolute atomic E-state index is 0.238. The van der Waals surface area contributed by atoms with Crippen molar-refractivity contribution in [3.05, 3.63) is 29.8 Å². The maximum Gasteiger partial charge on any atom is 0.387 e. The van der Waals surface area contributed by atoms with Gasteiger partial charge in [0.05, 0.1) is 0 Å². The summed E-state index contributed by atoms with van der Waals surface area (Å²) >= 11 is 0. The first-order valence-electron chi connectivity index (χ1n) is 6.81. The number of hydrogen-bond acceptors (Lipinski definition) is 3. The Morgan fingerprint density at radius 2 is 1.85 bits per heavy atom. The van der Waals surface area contributed by atoms with Crippen LogP contribution in [-0.2, 0) is 6.54 Å². The SMILES string of the molecule is CC(C)C(CN(C)C)NCc1ccccc1OC(F)F.